The summed E-state index contributed by atoms with van der Waals surface area (Å²) in [5, 5.41) is 8.62. The third-order valence-electron chi connectivity index (χ3n) is 4.39. The van der Waals surface area contributed by atoms with Crippen LogP contribution in [0.25, 0.3) is 4.96 Å². The Bertz CT molecular complexity index is 1030. The van der Waals surface area contributed by atoms with Crippen LogP contribution in [0.3, 0.4) is 0 Å². The van der Waals surface area contributed by atoms with E-state index in [0.29, 0.717) is 22.9 Å². The van der Waals surface area contributed by atoms with E-state index >= 15 is 0 Å². The van der Waals surface area contributed by atoms with Crippen molar-refractivity contribution in [1.82, 2.24) is 19.9 Å². The number of hydrogen-bond acceptors (Lipinski definition) is 6. The zero-order chi connectivity index (χ0) is 20.8. The molecule has 2 heterocycles. The smallest absolute Gasteiger partial charge is 0.288 e. The summed E-state index contributed by atoms with van der Waals surface area (Å²) in [5.74, 6) is -0.445. The van der Waals surface area contributed by atoms with E-state index in [4.69, 9.17) is 11.6 Å². The van der Waals surface area contributed by atoms with Crippen molar-refractivity contribution < 1.29 is 4.79 Å². The molecular formula is C20H24ClN5O2S. The Hall–Kier alpha value is -2.45. The maximum atomic E-state index is 12.8. The summed E-state index contributed by atoms with van der Waals surface area (Å²) in [6, 6.07) is 7.44. The van der Waals surface area contributed by atoms with Crippen molar-refractivity contribution in [3.8, 4) is 0 Å². The van der Waals surface area contributed by atoms with E-state index in [2.05, 4.69) is 34.1 Å². The van der Waals surface area contributed by atoms with Gasteiger partial charge in [0.1, 0.15) is 5.56 Å². The Morgan fingerprint density at radius 3 is 2.55 bits per heavy atom. The van der Waals surface area contributed by atoms with Crippen LogP contribution in [-0.2, 0) is 6.42 Å². The molecule has 1 aromatic carbocycles. The highest BCUT2D eigenvalue weighted by Gasteiger charge is 2.18. The average molecular weight is 434 g/mol. The number of anilines is 1. The van der Waals surface area contributed by atoms with Crippen LogP contribution in [0.15, 0.2) is 35.3 Å². The second kappa shape index (κ2) is 9.84. The summed E-state index contributed by atoms with van der Waals surface area (Å²) in [5.41, 5.74) is 0.596. The normalized spacial score (nSPS) is 11.0. The first-order valence-corrected chi connectivity index (χ1v) is 10.9. The van der Waals surface area contributed by atoms with Crippen molar-refractivity contribution in [3.63, 3.8) is 0 Å². The van der Waals surface area contributed by atoms with Crippen molar-refractivity contribution in [1.29, 1.82) is 0 Å². The molecule has 0 aliphatic heterocycles. The van der Waals surface area contributed by atoms with Crippen LogP contribution in [0.2, 0.25) is 5.02 Å². The van der Waals surface area contributed by atoms with Crippen LogP contribution < -0.4 is 15.8 Å². The number of fused-ring (bicyclic) bond motifs is 1. The van der Waals surface area contributed by atoms with Gasteiger partial charge in [0.25, 0.3) is 11.5 Å². The largest absolute Gasteiger partial charge is 0.351 e. The quantitative estimate of drug-likeness (QED) is 0.559. The molecule has 0 saturated heterocycles. The fourth-order valence-electron chi connectivity index (χ4n) is 2.97. The number of carbonyl (C=O) groups is 1. The molecule has 1 amide bonds. The Balaban J connectivity index is 1.73. The van der Waals surface area contributed by atoms with Gasteiger partial charge in [0, 0.05) is 30.9 Å². The van der Waals surface area contributed by atoms with Gasteiger partial charge in [-0.2, -0.15) is 4.52 Å². The lowest BCUT2D eigenvalue weighted by Gasteiger charge is -2.19. The molecule has 0 radical (unpaired) electrons. The van der Waals surface area contributed by atoms with E-state index in [-0.39, 0.29) is 5.56 Å². The second-order valence-corrected chi connectivity index (χ2v) is 8.05. The summed E-state index contributed by atoms with van der Waals surface area (Å²) >= 11 is 7.24. The van der Waals surface area contributed by atoms with Crippen LogP contribution in [-0.4, -0.2) is 40.1 Å². The maximum absolute atomic E-state index is 12.8. The molecule has 29 heavy (non-hydrogen) atoms. The lowest BCUT2D eigenvalue weighted by Crippen LogP contribution is -2.33. The molecular weight excluding hydrogens is 410 g/mol. The van der Waals surface area contributed by atoms with Gasteiger partial charge in [0.2, 0.25) is 10.1 Å². The number of halogens is 1. The number of nitrogens with one attached hydrogen (secondary N) is 1. The van der Waals surface area contributed by atoms with Crippen LogP contribution in [0.4, 0.5) is 5.13 Å². The molecule has 0 unspecified atom stereocenters. The number of rotatable bonds is 9. The molecule has 0 aliphatic rings. The molecule has 3 aromatic rings. The molecule has 0 spiro atoms. The molecule has 154 valence electrons. The third kappa shape index (κ3) is 5.13. The van der Waals surface area contributed by atoms with Crippen molar-refractivity contribution in [2.24, 2.45) is 0 Å². The van der Waals surface area contributed by atoms with Crippen molar-refractivity contribution in [2.45, 2.75) is 33.1 Å². The number of hydrogen-bond donors (Lipinski definition) is 1. The van der Waals surface area contributed by atoms with Gasteiger partial charge in [-0.3, -0.25) is 9.59 Å². The predicted molar refractivity (Wildman–Crippen MR) is 117 cm³/mol. The van der Waals surface area contributed by atoms with Gasteiger partial charge in [0.15, 0.2) is 0 Å². The lowest BCUT2D eigenvalue weighted by atomic mass is 10.1. The summed E-state index contributed by atoms with van der Waals surface area (Å²) < 4.78 is 1.23. The highest BCUT2D eigenvalue weighted by atomic mass is 35.5. The number of carbonyl (C=O) groups excluding carboxylic acids is 1. The summed E-state index contributed by atoms with van der Waals surface area (Å²) in [6.07, 6.45) is 3.95. The van der Waals surface area contributed by atoms with E-state index in [1.54, 1.807) is 0 Å². The first kappa shape index (κ1) is 21.3. The van der Waals surface area contributed by atoms with Gasteiger partial charge in [-0.15, -0.1) is 5.10 Å². The summed E-state index contributed by atoms with van der Waals surface area (Å²) in [7, 11) is 0. The van der Waals surface area contributed by atoms with E-state index in [0.717, 1.165) is 36.6 Å². The third-order valence-corrected chi connectivity index (χ3v) is 5.63. The van der Waals surface area contributed by atoms with Gasteiger partial charge < -0.3 is 10.2 Å². The highest BCUT2D eigenvalue weighted by Crippen LogP contribution is 2.21. The molecule has 0 fully saturated rings. The Labute approximate surface area is 178 Å². The fourth-order valence-corrected chi connectivity index (χ4v) is 4.01. The number of benzene rings is 1. The number of amides is 1. The van der Waals surface area contributed by atoms with Gasteiger partial charge in [-0.1, -0.05) is 48.9 Å². The minimum atomic E-state index is -0.450. The van der Waals surface area contributed by atoms with Crippen molar-refractivity contribution in [2.75, 3.05) is 24.5 Å². The zero-order valence-corrected chi connectivity index (χ0v) is 18.1. The molecule has 1 N–H and O–H groups in total. The topological polar surface area (TPSA) is 79.6 Å². The predicted octanol–water partition coefficient (Wildman–Crippen LogP) is 3.40. The minimum absolute atomic E-state index is 0.00649. The highest BCUT2D eigenvalue weighted by molar-refractivity contribution is 7.20. The zero-order valence-electron chi connectivity index (χ0n) is 16.5. The molecule has 3 rings (SSSR count). The van der Waals surface area contributed by atoms with E-state index < -0.39 is 11.5 Å². The maximum Gasteiger partial charge on any atom is 0.288 e. The number of aromatic nitrogens is 3. The lowest BCUT2D eigenvalue weighted by molar-refractivity contribution is 0.0952. The molecule has 7 nitrogen and oxygen atoms in total. The summed E-state index contributed by atoms with van der Waals surface area (Å²) in [6.45, 7) is 6.34. The van der Waals surface area contributed by atoms with Crippen LogP contribution in [0.5, 0.6) is 0 Å². The summed E-state index contributed by atoms with van der Waals surface area (Å²) in [4.78, 5) is 32.2. The van der Waals surface area contributed by atoms with Crippen LogP contribution in [0.1, 0.15) is 42.6 Å². The Morgan fingerprint density at radius 2 is 1.90 bits per heavy atom. The minimum Gasteiger partial charge on any atom is -0.351 e. The molecule has 0 saturated carbocycles. The monoisotopic (exact) mass is 433 g/mol. The fraction of sp³-hybridized carbons (Fsp3) is 0.400. The Kier molecular flexibility index (Phi) is 7.22. The standard InChI is InChI=1S/C20H24ClN5O2S/c1-3-11-25(12-4-2)20-24-26-18(28)16(13-23-19(26)29-20)17(27)22-10-9-14-5-7-15(21)8-6-14/h5-8,13H,3-4,9-12H2,1-2H3,(H,22,27). The molecule has 0 aliphatic carbocycles. The average Bonchev–Trinajstić information content (AvgIpc) is 3.15. The van der Waals surface area contributed by atoms with E-state index in [1.807, 2.05) is 24.3 Å². The Morgan fingerprint density at radius 1 is 1.21 bits per heavy atom. The molecule has 0 bridgehead atoms. The first-order valence-electron chi connectivity index (χ1n) is 9.70. The van der Waals surface area contributed by atoms with E-state index in [1.165, 1.54) is 22.0 Å². The van der Waals surface area contributed by atoms with Crippen molar-refractivity contribution >= 4 is 38.9 Å². The second-order valence-electron chi connectivity index (χ2n) is 6.68. The first-order chi connectivity index (χ1) is 14.0. The van der Waals surface area contributed by atoms with Crippen LogP contribution in [0, 0.1) is 0 Å². The van der Waals surface area contributed by atoms with E-state index in [9.17, 15) is 9.59 Å². The molecule has 9 heteroatoms. The van der Waals surface area contributed by atoms with Gasteiger partial charge in [0.05, 0.1) is 0 Å². The van der Waals surface area contributed by atoms with Gasteiger partial charge in [-0.25, -0.2) is 4.98 Å². The number of nitrogens with zero attached hydrogens (tertiary/aromatic N) is 4. The van der Waals surface area contributed by atoms with Crippen LogP contribution >= 0.6 is 22.9 Å². The van der Waals surface area contributed by atoms with Crippen molar-refractivity contribution in [3.05, 3.63) is 57.0 Å². The SMILES string of the molecule is CCCN(CCC)c1nn2c(=O)c(C(=O)NCCc3ccc(Cl)cc3)cnc2s1. The molecule has 2 aromatic heterocycles. The molecule has 0 atom stereocenters. The van der Waals surface area contributed by atoms with Gasteiger partial charge >= 0.3 is 0 Å². The van der Waals surface area contributed by atoms with Gasteiger partial charge in [-0.05, 0) is 37.0 Å².